The highest BCUT2D eigenvalue weighted by Gasteiger charge is 2.15. The van der Waals surface area contributed by atoms with E-state index in [1.165, 1.54) is 12.8 Å². The van der Waals surface area contributed by atoms with E-state index in [9.17, 15) is 9.90 Å². The highest BCUT2D eigenvalue weighted by Crippen LogP contribution is 2.16. The average molecular weight is 248 g/mol. The Labute approximate surface area is 107 Å². The van der Waals surface area contributed by atoms with Crippen molar-refractivity contribution in [3.05, 3.63) is 29.3 Å². The Hall–Kier alpha value is -1.55. The van der Waals surface area contributed by atoms with E-state index in [1.54, 1.807) is 18.2 Å². The van der Waals surface area contributed by atoms with Crippen LogP contribution in [0.25, 0.3) is 0 Å². The molecule has 0 aromatic heterocycles. The predicted octanol–water partition coefficient (Wildman–Crippen LogP) is 1.43. The normalized spacial score (nSPS) is 19.5. The Bertz CT molecular complexity index is 426. The van der Waals surface area contributed by atoms with Gasteiger partial charge in [-0.2, -0.15) is 0 Å². The van der Waals surface area contributed by atoms with Crippen LogP contribution in [0.2, 0.25) is 0 Å². The SMILES string of the molecule is Cc1cc(O)ccc1C(=O)NCC1CCCNC1. The maximum absolute atomic E-state index is 12.0. The lowest BCUT2D eigenvalue weighted by molar-refractivity contribution is 0.0944. The van der Waals surface area contributed by atoms with Crippen LogP contribution >= 0.6 is 0 Å². The molecule has 3 N–H and O–H groups in total. The first kappa shape index (κ1) is 12.9. The molecule has 1 aliphatic rings. The van der Waals surface area contributed by atoms with Gasteiger partial charge in [0.25, 0.3) is 5.91 Å². The summed E-state index contributed by atoms with van der Waals surface area (Å²) >= 11 is 0. The topological polar surface area (TPSA) is 61.4 Å². The quantitative estimate of drug-likeness (QED) is 0.758. The molecule has 1 unspecified atom stereocenters. The number of hydrogen-bond acceptors (Lipinski definition) is 3. The number of carbonyl (C=O) groups is 1. The smallest absolute Gasteiger partial charge is 0.251 e. The van der Waals surface area contributed by atoms with Gasteiger partial charge in [-0.05, 0) is 62.5 Å². The molecule has 1 aliphatic heterocycles. The molecule has 4 heteroatoms. The van der Waals surface area contributed by atoms with E-state index >= 15 is 0 Å². The highest BCUT2D eigenvalue weighted by atomic mass is 16.3. The average Bonchev–Trinajstić information content (AvgIpc) is 2.37. The van der Waals surface area contributed by atoms with Gasteiger partial charge >= 0.3 is 0 Å². The summed E-state index contributed by atoms with van der Waals surface area (Å²) in [5.74, 6) is 0.665. The van der Waals surface area contributed by atoms with Crippen molar-refractivity contribution in [2.45, 2.75) is 19.8 Å². The van der Waals surface area contributed by atoms with Gasteiger partial charge in [-0.3, -0.25) is 4.79 Å². The molecule has 0 aliphatic carbocycles. The van der Waals surface area contributed by atoms with Gasteiger partial charge < -0.3 is 15.7 Å². The molecule has 1 fully saturated rings. The van der Waals surface area contributed by atoms with Gasteiger partial charge in [0, 0.05) is 12.1 Å². The van der Waals surface area contributed by atoms with Crippen molar-refractivity contribution in [2.75, 3.05) is 19.6 Å². The second-order valence-corrected chi connectivity index (χ2v) is 4.92. The first-order valence-electron chi connectivity index (χ1n) is 6.45. The van der Waals surface area contributed by atoms with E-state index in [-0.39, 0.29) is 11.7 Å². The minimum absolute atomic E-state index is 0.0573. The molecular weight excluding hydrogens is 228 g/mol. The zero-order valence-electron chi connectivity index (χ0n) is 10.7. The summed E-state index contributed by atoms with van der Waals surface area (Å²) in [4.78, 5) is 12.0. The molecule has 1 aromatic rings. The molecule has 0 bridgehead atoms. The Morgan fingerprint density at radius 3 is 3.06 bits per heavy atom. The largest absolute Gasteiger partial charge is 0.508 e. The molecular formula is C14H20N2O2. The maximum atomic E-state index is 12.0. The summed E-state index contributed by atoms with van der Waals surface area (Å²) in [6.45, 7) is 4.61. The zero-order chi connectivity index (χ0) is 13.0. The summed E-state index contributed by atoms with van der Waals surface area (Å²) in [6, 6.07) is 4.82. The van der Waals surface area contributed by atoms with E-state index in [1.807, 2.05) is 6.92 Å². The van der Waals surface area contributed by atoms with Gasteiger partial charge in [0.05, 0.1) is 0 Å². The number of phenols is 1. The molecule has 0 saturated carbocycles. The third-order valence-corrected chi connectivity index (χ3v) is 3.40. The molecule has 1 atom stereocenters. The van der Waals surface area contributed by atoms with Crippen molar-refractivity contribution in [1.82, 2.24) is 10.6 Å². The van der Waals surface area contributed by atoms with Gasteiger partial charge in [0.2, 0.25) is 0 Å². The van der Waals surface area contributed by atoms with Crippen molar-refractivity contribution >= 4 is 5.91 Å². The van der Waals surface area contributed by atoms with Crippen LogP contribution in [0.15, 0.2) is 18.2 Å². The fourth-order valence-electron chi connectivity index (χ4n) is 2.33. The van der Waals surface area contributed by atoms with E-state index in [2.05, 4.69) is 10.6 Å². The Balaban J connectivity index is 1.90. The lowest BCUT2D eigenvalue weighted by atomic mass is 9.99. The molecule has 1 heterocycles. The Morgan fingerprint density at radius 2 is 2.39 bits per heavy atom. The van der Waals surface area contributed by atoms with Crippen molar-refractivity contribution in [3.8, 4) is 5.75 Å². The number of piperidine rings is 1. The van der Waals surface area contributed by atoms with Gasteiger partial charge in [0.15, 0.2) is 0 Å². The second kappa shape index (κ2) is 5.87. The molecule has 98 valence electrons. The van der Waals surface area contributed by atoms with Crippen LogP contribution in [0.4, 0.5) is 0 Å². The van der Waals surface area contributed by atoms with Crippen LogP contribution in [0.3, 0.4) is 0 Å². The molecule has 4 nitrogen and oxygen atoms in total. The first-order valence-corrected chi connectivity index (χ1v) is 6.45. The molecule has 1 aromatic carbocycles. The maximum Gasteiger partial charge on any atom is 0.251 e. The summed E-state index contributed by atoms with van der Waals surface area (Å²) in [5.41, 5.74) is 1.44. The number of rotatable bonds is 3. The van der Waals surface area contributed by atoms with Crippen molar-refractivity contribution < 1.29 is 9.90 Å². The van der Waals surface area contributed by atoms with Crippen LogP contribution in [-0.2, 0) is 0 Å². The zero-order valence-corrected chi connectivity index (χ0v) is 10.7. The van der Waals surface area contributed by atoms with Crippen LogP contribution in [0.1, 0.15) is 28.8 Å². The lowest BCUT2D eigenvalue weighted by Gasteiger charge is -2.23. The number of amides is 1. The minimum Gasteiger partial charge on any atom is -0.508 e. The number of carbonyl (C=O) groups excluding carboxylic acids is 1. The number of hydrogen-bond donors (Lipinski definition) is 3. The number of benzene rings is 1. The molecule has 1 amide bonds. The van der Waals surface area contributed by atoms with E-state index in [0.717, 1.165) is 18.7 Å². The van der Waals surface area contributed by atoms with Crippen LogP contribution in [0, 0.1) is 12.8 Å². The summed E-state index contributed by atoms with van der Waals surface area (Å²) in [5, 5.41) is 15.6. The Kier molecular flexibility index (Phi) is 4.20. The van der Waals surface area contributed by atoms with E-state index in [4.69, 9.17) is 0 Å². The summed E-state index contributed by atoms with van der Waals surface area (Å²) < 4.78 is 0. The summed E-state index contributed by atoms with van der Waals surface area (Å²) in [7, 11) is 0. The summed E-state index contributed by atoms with van der Waals surface area (Å²) in [6.07, 6.45) is 2.35. The van der Waals surface area contributed by atoms with Gasteiger partial charge in [-0.1, -0.05) is 0 Å². The molecule has 18 heavy (non-hydrogen) atoms. The van der Waals surface area contributed by atoms with Gasteiger partial charge in [0.1, 0.15) is 5.75 Å². The third kappa shape index (κ3) is 3.23. The predicted molar refractivity (Wildman–Crippen MR) is 70.8 cm³/mol. The second-order valence-electron chi connectivity index (χ2n) is 4.92. The standard InChI is InChI=1S/C14H20N2O2/c1-10-7-12(17)4-5-13(10)14(18)16-9-11-3-2-6-15-8-11/h4-5,7,11,15,17H,2-3,6,8-9H2,1H3,(H,16,18). The number of nitrogens with one attached hydrogen (secondary N) is 2. The highest BCUT2D eigenvalue weighted by molar-refractivity contribution is 5.95. The van der Waals surface area contributed by atoms with Crippen molar-refractivity contribution in [3.63, 3.8) is 0 Å². The fraction of sp³-hybridized carbons (Fsp3) is 0.500. The van der Waals surface area contributed by atoms with Gasteiger partial charge in [-0.25, -0.2) is 0 Å². The fourth-order valence-corrected chi connectivity index (χ4v) is 2.33. The number of aryl methyl sites for hydroxylation is 1. The lowest BCUT2D eigenvalue weighted by Crippen LogP contribution is -2.38. The van der Waals surface area contributed by atoms with E-state index in [0.29, 0.717) is 18.0 Å². The number of phenolic OH excluding ortho intramolecular Hbond substituents is 1. The molecule has 0 radical (unpaired) electrons. The van der Waals surface area contributed by atoms with Crippen LogP contribution in [-0.4, -0.2) is 30.6 Å². The van der Waals surface area contributed by atoms with Crippen molar-refractivity contribution in [2.24, 2.45) is 5.92 Å². The Morgan fingerprint density at radius 1 is 1.56 bits per heavy atom. The molecule has 0 spiro atoms. The van der Waals surface area contributed by atoms with Crippen LogP contribution in [0.5, 0.6) is 5.75 Å². The molecule has 1 saturated heterocycles. The minimum atomic E-state index is -0.0573. The third-order valence-electron chi connectivity index (χ3n) is 3.40. The molecule has 2 rings (SSSR count). The van der Waals surface area contributed by atoms with Gasteiger partial charge in [-0.15, -0.1) is 0 Å². The van der Waals surface area contributed by atoms with E-state index < -0.39 is 0 Å². The monoisotopic (exact) mass is 248 g/mol. The van der Waals surface area contributed by atoms with Crippen LogP contribution < -0.4 is 10.6 Å². The number of aromatic hydroxyl groups is 1. The first-order chi connectivity index (χ1) is 8.66. The van der Waals surface area contributed by atoms with Crippen molar-refractivity contribution in [1.29, 1.82) is 0 Å².